The molecule has 1 aliphatic heterocycles. The van der Waals surface area contributed by atoms with E-state index in [0.717, 1.165) is 17.8 Å². The minimum atomic E-state index is -4.40. The lowest BCUT2D eigenvalue weighted by atomic mass is 10.1. The lowest BCUT2D eigenvalue weighted by Gasteiger charge is -2.27. The first-order valence-electron chi connectivity index (χ1n) is 10.3. The van der Waals surface area contributed by atoms with Gasteiger partial charge in [-0.1, -0.05) is 12.1 Å². The second-order valence-electron chi connectivity index (χ2n) is 7.29. The van der Waals surface area contributed by atoms with Crippen LogP contribution in [0.25, 0.3) is 0 Å². The minimum Gasteiger partial charge on any atom is -0.497 e. The zero-order valence-corrected chi connectivity index (χ0v) is 17.9. The molecule has 0 spiro atoms. The van der Waals surface area contributed by atoms with Crippen LogP contribution in [0.15, 0.2) is 48.5 Å². The molecular weight excluding hydrogens is 437 g/mol. The Morgan fingerprint density at radius 1 is 1.00 bits per heavy atom. The van der Waals surface area contributed by atoms with Crippen LogP contribution in [-0.2, 0) is 17.5 Å². The van der Waals surface area contributed by atoms with E-state index in [1.807, 2.05) is 17.0 Å². The highest BCUT2D eigenvalue weighted by atomic mass is 19.4. The molecule has 1 aromatic heterocycles. The number of aromatic nitrogens is 3. The predicted molar refractivity (Wildman–Crippen MR) is 118 cm³/mol. The molecule has 33 heavy (non-hydrogen) atoms. The molecule has 2 heterocycles. The Morgan fingerprint density at radius 2 is 1.73 bits per heavy atom. The van der Waals surface area contributed by atoms with Gasteiger partial charge >= 0.3 is 6.18 Å². The molecule has 11 heteroatoms. The van der Waals surface area contributed by atoms with Crippen LogP contribution < -0.4 is 20.3 Å². The standard InChI is InChI=1S/C22H23F3N6O2/c1-32-18-7-5-17(6-8-18)27-20-28-19(29-21(30-20)31-9-11-33-12-10-31)26-14-15-3-2-4-16(13-15)22(23,24)25/h2-8,13H,9-12,14H2,1H3,(H2,26,27,28,29,30). The topological polar surface area (TPSA) is 84.4 Å². The molecule has 0 atom stereocenters. The second kappa shape index (κ2) is 9.90. The van der Waals surface area contributed by atoms with E-state index in [1.54, 1.807) is 25.3 Å². The maximum absolute atomic E-state index is 13.0. The Labute approximate surface area is 188 Å². The summed E-state index contributed by atoms with van der Waals surface area (Å²) in [4.78, 5) is 15.3. The number of rotatable bonds is 7. The molecule has 0 radical (unpaired) electrons. The molecule has 2 N–H and O–H groups in total. The average Bonchev–Trinajstić information content (AvgIpc) is 2.83. The molecule has 1 aliphatic rings. The van der Waals surface area contributed by atoms with Gasteiger partial charge in [0, 0.05) is 25.3 Å². The molecule has 1 saturated heterocycles. The smallest absolute Gasteiger partial charge is 0.416 e. The van der Waals surface area contributed by atoms with Crippen LogP contribution in [-0.4, -0.2) is 48.4 Å². The number of benzene rings is 2. The maximum atomic E-state index is 13.0. The molecule has 0 unspecified atom stereocenters. The van der Waals surface area contributed by atoms with Crippen molar-refractivity contribution in [3.05, 3.63) is 59.7 Å². The number of ether oxygens (including phenoxy) is 2. The Balaban J connectivity index is 1.56. The van der Waals surface area contributed by atoms with Crippen molar-refractivity contribution in [1.29, 1.82) is 0 Å². The molecular formula is C22H23F3N6O2. The normalized spacial score (nSPS) is 14.1. The van der Waals surface area contributed by atoms with Crippen molar-refractivity contribution < 1.29 is 22.6 Å². The number of nitrogens with one attached hydrogen (secondary N) is 2. The number of alkyl halides is 3. The number of nitrogens with zero attached hydrogens (tertiary/aromatic N) is 4. The molecule has 0 saturated carbocycles. The van der Waals surface area contributed by atoms with Crippen molar-refractivity contribution in [3.8, 4) is 5.75 Å². The number of methoxy groups -OCH3 is 1. The van der Waals surface area contributed by atoms with Crippen LogP contribution in [0.1, 0.15) is 11.1 Å². The van der Waals surface area contributed by atoms with Crippen LogP contribution >= 0.6 is 0 Å². The summed E-state index contributed by atoms with van der Waals surface area (Å²) in [6, 6.07) is 12.4. The van der Waals surface area contributed by atoms with Crippen molar-refractivity contribution in [1.82, 2.24) is 15.0 Å². The van der Waals surface area contributed by atoms with Crippen molar-refractivity contribution >= 4 is 23.5 Å². The quantitative estimate of drug-likeness (QED) is 0.546. The third-order valence-corrected chi connectivity index (χ3v) is 4.97. The van der Waals surface area contributed by atoms with Gasteiger partial charge in [0.25, 0.3) is 0 Å². The van der Waals surface area contributed by atoms with Gasteiger partial charge in [-0.15, -0.1) is 0 Å². The molecule has 3 aromatic rings. The summed E-state index contributed by atoms with van der Waals surface area (Å²) < 4.78 is 49.6. The van der Waals surface area contributed by atoms with E-state index in [-0.39, 0.29) is 12.5 Å². The molecule has 0 amide bonds. The van der Waals surface area contributed by atoms with Gasteiger partial charge in [0.15, 0.2) is 0 Å². The van der Waals surface area contributed by atoms with Gasteiger partial charge in [-0.05, 0) is 42.0 Å². The first-order valence-corrected chi connectivity index (χ1v) is 10.3. The van der Waals surface area contributed by atoms with Crippen LogP contribution in [0.3, 0.4) is 0 Å². The highest BCUT2D eigenvalue weighted by Crippen LogP contribution is 2.29. The van der Waals surface area contributed by atoms with Crippen molar-refractivity contribution in [2.24, 2.45) is 0 Å². The van der Waals surface area contributed by atoms with Gasteiger partial charge in [-0.25, -0.2) is 0 Å². The highest BCUT2D eigenvalue weighted by Gasteiger charge is 2.30. The molecule has 174 valence electrons. The first-order chi connectivity index (χ1) is 15.9. The van der Waals surface area contributed by atoms with Crippen LogP contribution in [0.5, 0.6) is 5.75 Å². The molecule has 0 aliphatic carbocycles. The zero-order chi connectivity index (χ0) is 23.3. The van der Waals surface area contributed by atoms with E-state index < -0.39 is 11.7 Å². The van der Waals surface area contributed by atoms with Gasteiger partial charge in [-0.2, -0.15) is 28.1 Å². The van der Waals surface area contributed by atoms with Crippen molar-refractivity contribution in [2.75, 3.05) is 48.9 Å². The van der Waals surface area contributed by atoms with Crippen LogP contribution in [0, 0.1) is 0 Å². The summed E-state index contributed by atoms with van der Waals surface area (Å²) in [5.41, 5.74) is 0.509. The Bertz CT molecular complexity index is 1070. The minimum absolute atomic E-state index is 0.123. The van der Waals surface area contributed by atoms with E-state index in [9.17, 15) is 13.2 Å². The molecule has 4 rings (SSSR count). The average molecular weight is 460 g/mol. The van der Waals surface area contributed by atoms with E-state index in [2.05, 4.69) is 25.6 Å². The lowest BCUT2D eigenvalue weighted by Crippen LogP contribution is -2.37. The van der Waals surface area contributed by atoms with E-state index in [1.165, 1.54) is 6.07 Å². The molecule has 1 fully saturated rings. The van der Waals surface area contributed by atoms with Gasteiger partial charge in [0.1, 0.15) is 5.75 Å². The molecule has 8 nitrogen and oxygen atoms in total. The lowest BCUT2D eigenvalue weighted by molar-refractivity contribution is -0.137. The monoisotopic (exact) mass is 460 g/mol. The highest BCUT2D eigenvalue weighted by molar-refractivity contribution is 5.57. The number of hydrogen-bond donors (Lipinski definition) is 2. The van der Waals surface area contributed by atoms with E-state index in [0.29, 0.717) is 49.5 Å². The summed E-state index contributed by atoms with van der Waals surface area (Å²) in [5.74, 6) is 1.73. The Morgan fingerprint density at radius 3 is 2.42 bits per heavy atom. The number of hydrogen-bond acceptors (Lipinski definition) is 8. The van der Waals surface area contributed by atoms with Gasteiger partial charge in [-0.3, -0.25) is 0 Å². The maximum Gasteiger partial charge on any atom is 0.416 e. The number of halogens is 3. The second-order valence-corrected chi connectivity index (χ2v) is 7.29. The fourth-order valence-corrected chi connectivity index (χ4v) is 3.25. The first kappa shape index (κ1) is 22.6. The Kier molecular flexibility index (Phi) is 6.78. The number of anilines is 4. The summed E-state index contributed by atoms with van der Waals surface area (Å²) in [7, 11) is 1.59. The van der Waals surface area contributed by atoms with Gasteiger partial charge in [0.05, 0.1) is 25.9 Å². The third kappa shape index (κ3) is 6.01. The zero-order valence-electron chi connectivity index (χ0n) is 17.9. The molecule has 0 bridgehead atoms. The van der Waals surface area contributed by atoms with E-state index in [4.69, 9.17) is 9.47 Å². The predicted octanol–water partition coefficient (Wildman–Crippen LogP) is 4.09. The summed E-state index contributed by atoms with van der Waals surface area (Å²) in [6.07, 6.45) is -4.40. The van der Waals surface area contributed by atoms with E-state index >= 15 is 0 Å². The summed E-state index contributed by atoms with van der Waals surface area (Å²) >= 11 is 0. The van der Waals surface area contributed by atoms with Crippen molar-refractivity contribution in [3.63, 3.8) is 0 Å². The van der Waals surface area contributed by atoms with Crippen LogP contribution in [0.2, 0.25) is 0 Å². The summed E-state index contributed by atoms with van der Waals surface area (Å²) in [6.45, 7) is 2.48. The Hall–Kier alpha value is -3.60. The third-order valence-electron chi connectivity index (χ3n) is 4.97. The van der Waals surface area contributed by atoms with Gasteiger partial charge in [0.2, 0.25) is 17.8 Å². The largest absolute Gasteiger partial charge is 0.497 e. The van der Waals surface area contributed by atoms with Crippen molar-refractivity contribution in [2.45, 2.75) is 12.7 Å². The number of morpholine rings is 1. The van der Waals surface area contributed by atoms with Crippen LogP contribution in [0.4, 0.5) is 36.7 Å². The fourth-order valence-electron chi connectivity index (χ4n) is 3.25. The fraction of sp³-hybridized carbons (Fsp3) is 0.318. The van der Waals surface area contributed by atoms with Gasteiger partial charge < -0.3 is 25.0 Å². The summed E-state index contributed by atoms with van der Waals surface area (Å²) in [5, 5.41) is 6.15. The SMILES string of the molecule is COc1ccc(Nc2nc(NCc3cccc(C(F)(F)F)c3)nc(N3CCOCC3)n2)cc1. The molecule has 2 aromatic carbocycles.